The van der Waals surface area contributed by atoms with E-state index >= 15 is 0 Å². The first-order chi connectivity index (χ1) is 12.3. The van der Waals surface area contributed by atoms with Crippen LogP contribution in [0.1, 0.15) is 58.8 Å². The fraction of sp³-hybridized carbons (Fsp3) is 0.889. The maximum Gasteiger partial charge on any atom is 0.322 e. The molecule has 0 aliphatic carbocycles. The summed E-state index contributed by atoms with van der Waals surface area (Å²) in [4.78, 5) is 24.3. The van der Waals surface area contributed by atoms with Crippen LogP contribution in [-0.4, -0.2) is 43.2 Å². The molecule has 0 aromatic rings. The van der Waals surface area contributed by atoms with E-state index in [1.807, 2.05) is 35.3 Å². The maximum absolute atomic E-state index is 12.7. The molecule has 148 valence electrons. The largest absolute Gasteiger partial charge is 0.465 e. The number of hydrogen-bond acceptors (Lipinski definition) is 7. The van der Waals surface area contributed by atoms with Gasteiger partial charge in [-0.1, -0.05) is 15.9 Å². The first kappa shape index (κ1) is 21.2. The summed E-state index contributed by atoms with van der Waals surface area (Å²) in [5.74, 6) is -0.177. The molecular weight excluding hydrogens is 456 g/mol. The lowest BCUT2D eigenvalue weighted by Crippen LogP contribution is -2.49. The SMILES string of the molecule is CC(C)(Br)C(=O)OCCCCCCOC(=O)C12CC3SC(C1)SC(C2)S3. The third kappa shape index (κ3) is 5.29. The first-order valence-electron chi connectivity index (χ1n) is 9.28. The summed E-state index contributed by atoms with van der Waals surface area (Å²) < 4.78 is 12.0. The lowest BCUT2D eigenvalue weighted by Gasteiger charge is -2.53. The number of alkyl halides is 1. The van der Waals surface area contributed by atoms with E-state index in [9.17, 15) is 9.59 Å². The Kier molecular flexibility index (Phi) is 7.23. The average molecular weight is 484 g/mol. The summed E-state index contributed by atoms with van der Waals surface area (Å²) in [6.07, 6.45) is 6.68. The van der Waals surface area contributed by atoms with Crippen LogP contribution in [0.2, 0.25) is 0 Å². The van der Waals surface area contributed by atoms with Crippen molar-refractivity contribution in [3.05, 3.63) is 0 Å². The van der Waals surface area contributed by atoms with Gasteiger partial charge < -0.3 is 9.47 Å². The van der Waals surface area contributed by atoms with E-state index in [0.29, 0.717) is 27.0 Å². The fourth-order valence-electron chi connectivity index (χ4n) is 3.56. The summed E-state index contributed by atoms with van der Waals surface area (Å²) >= 11 is 9.43. The first-order valence-corrected chi connectivity index (χ1v) is 12.9. The van der Waals surface area contributed by atoms with Crippen molar-refractivity contribution in [2.75, 3.05) is 13.2 Å². The molecule has 4 saturated heterocycles. The molecule has 0 spiro atoms. The summed E-state index contributed by atoms with van der Waals surface area (Å²) in [6, 6.07) is 0. The van der Waals surface area contributed by atoms with Gasteiger partial charge in [-0.05, 0) is 58.8 Å². The lowest BCUT2D eigenvalue weighted by atomic mass is 9.78. The molecule has 26 heavy (non-hydrogen) atoms. The van der Waals surface area contributed by atoms with Crippen LogP contribution < -0.4 is 0 Å². The maximum atomic E-state index is 12.7. The number of hydrogen-bond donors (Lipinski definition) is 0. The van der Waals surface area contributed by atoms with Gasteiger partial charge in [0.15, 0.2) is 0 Å². The van der Waals surface area contributed by atoms with Crippen LogP contribution in [0.25, 0.3) is 0 Å². The number of halogens is 1. The molecule has 4 nitrogen and oxygen atoms in total. The molecule has 0 saturated carbocycles. The van der Waals surface area contributed by atoms with Gasteiger partial charge in [-0.2, -0.15) is 0 Å². The van der Waals surface area contributed by atoms with Crippen LogP contribution >= 0.6 is 51.2 Å². The van der Waals surface area contributed by atoms with Crippen molar-refractivity contribution in [2.45, 2.75) is 76.9 Å². The monoisotopic (exact) mass is 482 g/mol. The zero-order chi connectivity index (χ0) is 18.8. The van der Waals surface area contributed by atoms with Gasteiger partial charge in [-0.15, -0.1) is 35.3 Å². The molecule has 4 heterocycles. The van der Waals surface area contributed by atoms with Gasteiger partial charge in [0.25, 0.3) is 0 Å². The van der Waals surface area contributed by atoms with Crippen molar-refractivity contribution in [2.24, 2.45) is 5.41 Å². The van der Waals surface area contributed by atoms with E-state index in [1.165, 1.54) is 0 Å². The van der Waals surface area contributed by atoms with E-state index in [4.69, 9.17) is 9.47 Å². The smallest absolute Gasteiger partial charge is 0.322 e. The van der Waals surface area contributed by atoms with Crippen molar-refractivity contribution < 1.29 is 19.1 Å². The Bertz CT molecular complexity index is 500. The van der Waals surface area contributed by atoms with E-state index in [-0.39, 0.29) is 17.4 Å². The van der Waals surface area contributed by atoms with Crippen molar-refractivity contribution in [1.29, 1.82) is 0 Å². The van der Waals surface area contributed by atoms with Gasteiger partial charge in [0.2, 0.25) is 0 Å². The number of ether oxygens (including phenoxy) is 2. The Morgan fingerprint density at radius 2 is 1.38 bits per heavy atom. The minimum atomic E-state index is -0.617. The van der Waals surface area contributed by atoms with Gasteiger partial charge in [-0.25, -0.2) is 0 Å². The summed E-state index contributed by atoms with van der Waals surface area (Å²) in [5, 5.41) is 0. The van der Waals surface area contributed by atoms with E-state index in [2.05, 4.69) is 15.9 Å². The zero-order valence-corrected chi connectivity index (χ0v) is 19.4. The van der Waals surface area contributed by atoms with E-state index in [1.54, 1.807) is 13.8 Å². The van der Waals surface area contributed by atoms with Gasteiger partial charge in [-0.3, -0.25) is 9.59 Å². The molecule has 0 amide bonds. The minimum absolute atomic E-state index is 0.0480. The van der Waals surface area contributed by atoms with Gasteiger partial charge >= 0.3 is 11.9 Å². The molecule has 0 radical (unpaired) electrons. The topological polar surface area (TPSA) is 52.6 Å². The molecule has 4 fully saturated rings. The average Bonchev–Trinajstić information content (AvgIpc) is 2.54. The predicted octanol–water partition coefficient (Wildman–Crippen LogP) is 5.18. The van der Waals surface area contributed by atoms with Crippen LogP contribution in [0, 0.1) is 5.41 Å². The molecule has 0 aromatic carbocycles. The van der Waals surface area contributed by atoms with Crippen molar-refractivity contribution >= 4 is 63.2 Å². The summed E-state index contributed by atoms with van der Waals surface area (Å²) in [6.45, 7) is 4.53. The Hall–Kier alpha value is 0.470. The molecular formula is C18H27BrO4S3. The third-order valence-corrected chi connectivity index (χ3v) is 10.2. The molecule has 4 aliphatic rings. The Morgan fingerprint density at radius 1 is 0.923 bits per heavy atom. The highest BCUT2D eigenvalue weighted by Crippen LogP contribution is 2.66. The second-order valence-electron chi connectivity index (χ2n) is 7.75. The molecule has 0 N–H and O–H groups in total. The standard InChI is InChI=1S/C18H27BrO4S3/c1-17(2,19)15(20)22-7-5-3-4-6-8-23-16(21)18-9-12-24-13(10-18)26-14(11-18)25-12/h12-14H,3-11H2,1-2H3. The Morgan fingerprint density at radius 3 is 1.85 bits per heavy atom. The van der Waals surface area contributed by atoms with Crippen molar-refractivity contribution in [3.8, 4) is 0 Å². The molecule has 0 unspecified atom stereocenters. The number of thioether (sulfide) groups is 3. The highest BCUT2D eigenvalue weighted by Gasteiger charge is 2.57. The number of carbonyl (C=O) groups excluding carboxylic acids is 2. The van der Waals surface area contributed by atoms with E-state index in [0.717, 1.165) is 44.9 Å². The van der Waals surface area contributed by atoms with Gasteiger partial charge in [0.1, 0.15) is 4.32 Å². The van der Waals surface area contributed by atoms with Crippen LogP contribution in [-0.2, 0) is 19.1 Å². The Balaban J connectivity index is 1.27. The fourth-order valence-corrected chi connectivity index (χ4v) is 11.0. The molecule has 0 atom stereocenters. The predicted molar refractivity (Wildman–Crippen MR) is 114 cm³/mol. The third-order valence-electron chi connectivity index (χ3n) is 5.01. The van der Waals surface area contributed by atoms with Crippen LogP contribution in [0.15, 0.2) is 0 Å². The number of esters is 2. The van der Waals surface area contributed by atoms with Crippen LogP contribution in [0.5, 0.6) is 0 Å². The van der Waals surface area contributed by atoms with Crippen LogP contribution in [0.3, 0.4) is 0 Å². The van der Waals surface area contributed by atoms with Gasteiger partial charge in [0.05, 0.1) is 32.4 Å². The molecule has 4 rings (SSSR count). The second-order valence-corrected chi connectivity index (χ2v) is 14.9. The minimum Gasteiger partial charge on any atom is -0.465 e. The summed E-state index contributed by atoms with van der Waals surface area (Å²) in [7, 11) is 0. The second kappa shape index (κ2) is 8.87. The van der Waals surface area contributed by atoms with E-state index < -0.39 is 4.32 Å². The highest BCUT2D eigenvalue weighted by molar-refractivity contribution is 9.10. The molecule has 4 bridgehead atoms. The van der Waals surface area contributed by atoms with Crippen LogP contribution in [0.4, 0.5) is 0 Å². The highest BCUT2D eigenvalue weighted by atomic mass is 79.9. The quantitative estimate of drug-likeness (QED) is 0.254. The molecule has 4 aliphatic heterocycles. The summed E-state index contributed by atoms with van der Waals surface area (Å²) in [5.41, 5.74) is -0.196. The Labute approximate surface area is 177 Å². The molecule has 8 heteroatoms. The number of carbonyl (C=O) groups is 2. The van der Waals surface area contributed by atoms with Gasteiger partial charge in [0, 0.05) is 0 Å². The number of unbranched alkanes of at least 4 members (excludes halogenated alkanes) is 3. The van der Waals surface area contributed by atoms with Crippen molar-refractivity contribution in [3.63, 3.8) is 0 Å². The lowest BCUT2D eigenvalue weighted by molar-refractivity contribution is -0.157. The normalized spacial score (nSPS) is 32.5. The van der Waals surface area contributed by atoms with Crippen molar-refractivity contribution in [1.82, 2.24) is 0 Å². The molecule has 0 aromatic heterocycles. The number of rotatable bonds is 9. The zero-order valence-electron chi connectivity index (χ0n) is 15.3.